The number of methoxy groups -OCH3 is 1. The molecule has 0 aliphatic carbocycles. The van der Waals surface area contributed by atoms with E-state index < -0.39 is 0 Å². The van der Waals surface area contributed by atoms with Gasteiger partial charge in [-0.25, -0.2) is 0 Å². The lowest BCUT2D eigenvalue weighted by atomic mass is 10.2. The van der Waals surface area contributed by atoms with Crippen LogP contribution in [0.4, 0.5) is 0 Å². The molecule has 0 saturated carbocycles. The summed E-state index contributed by atoms with van der Waals surface area (Å²) < 4.78 is 5.28. The summed E-state index contributed by atoms with van der Waals surface area (Å²) in [4.78, 5) is 9.44. The Kier molecular flexibility index (Phi) is 11.7. The largest absolute Gasteiger partial charge is 0.497 e. The van der Waals surface area contributed by atoms with Crippen LogP contribution in [0.1, 0.15) is 17.5 Å². The summed E-state index contributed by atoms with van der Waals surface area (Å²) in [5, 5.41) is 6.79. The fourth-order valence-corrected chi connectivity index (χ4v) is 3.71. The molecule has 1 aliphatic heterocycles. The highest BCUT2D eigenvalue weighted by Crippen LogP contribution is 2.12. The third-order valence-corrected chi connectivity index (χ3v) is 5.48. The van der Waals surface area contributed by atoms with Gasteiger partial charge in [-0.3, -0.25) is 9.89 Å². The van der Waals surface area contributed by atoms with Crippen molar-refractivity contribution in [1.29, 1.82) is 0 Å². The van der Waals surface area contributed by atoms with Crippen LogP contribution in [0.25, 0.3) is 0 Å². The topological polar surface area (TPSA) is 52.1 Å². The zero-order valence-corrected chi connectivity index (χ0v) is 21.0. The summed E-state index contributed by atoms with van der Waals surface area (Å²) in [5.74, 6) is 1.71. The van der Waals surface area contributed by atoms with Crippen LogP contribution in [-0.2, 0) is 13.1 Å². The van der Waals surface area contributed by atoms with E-state index >= 15 is 0 Å². The number of hydrogen-bond acceptors (Lipinski definition) is 4. The highest BCUT2D eigenvalue weighted by atomic mass is 127. The molecule has 0 unspecified atom stereocenters. The van der Waals surface area contributed by atoms with E-state index in [1.165, 1.54) is 11.1 Å². The van der Waals surface area contributed by atoms with Gasteiger partial charge in [0.25, 0.3) is 0 Å². The van der Waals surface area contributed by atoms with Crippen molar-refractivity contribution in [3.05, 3.63) is 65.7 Å². The van der Waals surface area contributed by atoms with Crippen LogP contribution in [0.2, 0.25) is 0 Å². The lowest BCUT2D eigenvalue weighted by Crippen LogP contribution is -2.46. The maximum absolute atomic E-state index is 5.28. The maximum atomic E-state index is 5.28. The maximum Gasteiger partial charge on any atom is 0.191 e. The molecule has 170 valence electrons. The number of guanidine groups is 1. The molecule has 2 aromatic carbocycles. The van der Waals surface area contributed by atoms with Crippen molar-refractivity contribution in [2.24, 2.45) is 4.99 Å². The quantitative estimate of drug-likeness (QED) is 0.223. The molecule has 2 aromatic rings. The number of aliphatic imine (C=N–C) groups is 1. The second kappa shape index (κ2) is 14.3. The molecule has 6 nitrogen and oxygen atoms in total. The Morgan fingerprint density at radius 3 is 2.35 bits per heavy atom. The minimum absolute atomic E-state index is 0. The van der Waals surface area contributed by atoms with Gasteiger partial charge in [0.1, 0.15) is 5.75 Å². The Labute approximate surface area is 204 Å². The highest BCUT2D eigenvalue weighted by Gasteiger charge is 2.16. The van der Waals surface area contributed by atoms with Crippen molar-refractivity contribution < 1.29 is 4.74 Å². The SMILES string of the molecule is CN=C(NCCCN1CCN(Cc2ccccc2)CC1)NCc1cccc(OC)c1.I. The van der Waals surface area contributed by atoms with Crippen molar-refractivity contribution in [3.8, 4) is 5.75 Å². The number of hydrogen-bond donors (Lipinski definition) is 2. The number of nitrogens with zero attached hydrogens (tertiary/aromatic N) is 3. The van der Waals surface area contributed by atoms with Gasteiger partial charge in [-0.15, -0.1) is 24.0 Å². The first-order valence-corrected chi connectivity index (χ1v) is 10.8. The first-order valence-electron chi connectivity index (χ1n) is 10.8. The van der Waals surface area contributed by atoms with Gasteiger partial charge in [-0.05, 0) is 36.2 Å². The first kappa shape index (κ1) is 25.4. The minimum atomic E-state index is 0. The zero-order chi connectivity index (χ0) is 21.0. The second-order valence-electron chi connectivity index (χ2n) is 7.66. The van der Waals surface area contributed by atoms with E-state index in [0.29, 0.717) is 0 Å². The summed E-state index contributed by atoms with van der Waals surface area (Å²) >= 11 is 0. The van der Waals surface area contributed by atoms with Crippen LogP contribution < -0.4 is 15.4 Å². The van der Waals surface area contributed by atoms with E-state index in [0.717, 1.165) is 70.5 Å². The van der Waals surface area contributed by atoms with E-state index in [1.54, 1.807) is 7.11 Å². The first-order chi connectivity index (χ1) is 14.8. The molecule has 2 N–H and O–H groups in total. The fourth-order valence-electron chi connectivity index (χ4n) is 3.71. The molecule has 1 aliphatic rings. The van der Waals surface area contributed by atoms with Gasteiger partial charge < -0.3 is 20.3 Å². The average Bonchev–Trinajstić information content (AvgIpc) is 2.80. The Morgan fingerprint density at radius 1 is 0.935 bits per heavy atom. The molecule has 0 bridgehead atoms. The van der Waals surface area contributed by atoms with Crippen molar-refractivity contribution in [1.82, 2.24) is 20.4 Å². The summed E-state index contributed by atoms with van der Waals surface area (Å²) in [6.07, 6.45) is 1.11. The molecular weight excluding hydrogens is 501 g/mol. The van der Waals surface area contributed by atoms with Crippen LogP contribution in [0.3, 0.4) is 0 Å². The standard InChI is InChI=1S/C24H35N5O.HI/c1-25-24(27-19-22-10-6-11-23(18-22)30-2)26-12-7-13-28-14-16-29(17-15-28)20-21-8-4-3-5-9-21;/h3-6,8-11,18H,7,12-17,19-20H2,1-2H3,(H2,25,26,27);1H. The van der Waals surface area contributed by atoms with Crippen molar-refractivity contribution in [2.45, 2.75) is 19.5 Å². The molecule has 3 rings (SSSR count). The monoisotopic (exact) mass is 537 g/mol. The Hall–Kier alpha value is -1.84. The van der Waals surface area contributed by atoms with Gasteiger partial charge in [0.05, 0.1) is 7.11 Å². The third-order valence-electron chi connectivity index (χ3n) is 5.48. The average molecular weight is 537 g/mol. The molecule has 1 fully saturated rings. The molecule has 0 amide bonds. The molecule has 7 heteroatoms. The Morgan fingerprint density at radius 2 is 1.65 bits per heavy atom. The van der Waals surface area contributed by atoms with E-state index in [1.807, 2.05) is 25.2 Å². The lowest BCUT2D eigenvalue weighted by Gasteiger charge is -2.34. The van der Waals surface area contributed by atoms with E-state index in [9.17, 15) is 0 Å². The molecule has 1 heterocycles. The van der Waals surface area contributed by atoms with Gasteiger partial charge in [0, 0.05) is 52.9 Å². The third kappa shape index (κ3) is 9.04. The zero-order valence-electron chi connectivity index (χ0n) is 18.7. The van der Waals surface area contributed by atoms with Crippen LogP contribution in [0.15, 0.2) is 59.6 Å². The molecular formula is C24H36IN5O. The predicted octanol–water partition coefficient (Wildman–Crippen LogP) is 3.19. The lowest BCUT2D eigenvalue weighted by molar-refractivity contribution is 0.126. The Bertz CT molecular complexity index is 779. The number of benzene rings is 2. The fraction of sp³-hybridized carbons (Fsp3) is 0.458. The van der Waals surface area contributed by atoms with E-state index in [2.05, 4.69) is 61.8 Å². The summed E-state index contributed by atoms with van der Waals surface area (Å²) in [6, 6.07) is 18.8. The van der Waals surface area contributed by atoms with E-state index in [-0.39, 0.29) is 24.0 Å². The van der Waals surface area contributed by atoms with Crippen LogP contribution in [0.5, 0.6) is 5.75 Å². The van der Waals surface area contributed by atoms with Crippen LogP contribution in [0, 0.1) is 0 Å². The van der Waals surface area contributed by atoms with Crippen LogP contribution >= 0.6 is 24.0 Å². The van der Waals surface area contributed by atoms with Crippen molar-refractivity contribution >= 4 is 29.9 Å². The molecule has 0 atom stereocenters. The second-order valence-corrected chi connectivity index (χ2v) is 7.66. The van der Waals surface area contributed by atoms with Gasteiger partial charge in [-0.2, -0.15) is 0 Å². The molecule has 0 radical (unpaired) electrons. The predicted molar refractivity (Wildman–Crippen MR) is 139 cm³/mol. The molecule has 0 aromatic heterocycles. The normalized spacial score (nSPS) is 15.2. The van der Waals surface area contributed by atoms with Crippen LogP contribution in [-0.4, -0.2) is 69.2 Å². The number of ether oxygens (including phenoxy) is 1. The van der Waals surface area contributed by atoms with Gasteiger partial charge in [0.15, 0.2) is 5.96 Å². The minimum Gasteiger partial charge on any atom is -0.497 e. The summed E-state index contributed by atoms with van der Waals surface area (Å²) in [6.45, 7) is 8.41. The molecule has 31 heavy (non-hydrogen) atoms. The number of rotatable bonds is 9. The van der Waals surface area contributed by atoms with Gasteiger partial charge in [0.2, 0.25) is 0 Å². The van der Waals surface area contributed by atoms with Crippen molar-refractivity contribution in [3.63, 3.8) is 0 Å². The highest BCUT2D eigenvalue weighted by molar-refractivity contribution is 14.0. The molecule has 1 saturated heterocycles. The van der Waals surface area contributed by atoms with Gasteiger partial charge in [-0.1, -0.05) is 42.5 Å². The smallest absolute Gasteiger partial charge is 0.191 e. The van der Waals surface area contributed by atoms with E-state index in [4.69, 9.17) is 4.74 Å². The summed E-state index contributed by atoms with van der Waals surface area (Å²) in [7, 11) is 3.50. The molecule has 0 spiro atoms. The number of halogens is 1. The van der Waals surface area contributed by atoms with Crippen molar-refractivity contribution in [2.75, 3.05) is 53.4 Å². The summed E-state index contributed by atoms with van der Waals surface area (Å²) in [5.41, 5.74) is 2.58. The number of nitrogens with one attached hydrogen (secondary N) is 2. The Balaban J connectivity index is 0.00000341. The van der Waals surface area contributed by atoms with Gasteiger partial charge >= 0.3 is 0 Å². The number of piperazine rings is 1.